The summed E-state index contributed by atoms with van der Waals surface area (Å²) in [6.07, 6.45) is 2.71. The van der Waals surface area contributed by atoms with E-state index in [1.165, 1.54) is 7.11 Å². The van der Waals surface area contributed by atoms with Crippen LogP contribution in [0.5, 0.6) is 0 Å². The van der Waals surface area contributed by atoms with Gasteiger partial charge in [0.05, 0.1) is 13.0 Å². The Balaban J connectivity index is 2.21. The van der Waals surface area contributed by atoms with Crippen LogP contribution in [-0.4, -0.2) is 19.0 Å². The van der Waals surface area contributed by atoms with E-state index in [0.29, 0.717) is 0 Å². The number of fused-ring (bicyclic) bond motifs is 2. The van der Waals surface area contributed by atoms with E-state index in [1.807, 2.05) is 0 Å². The first-order valence-corrected chi connectivity index (χ1v) is 4.94. The third-order valence-corrected chi connectivity index (χ3v) is 3.66. The molecule has 0 amide bonds. The number of carboxylic acid groups (broad SMARTS) is 1. The van der Waals surface area contributed by atoms with Gasteiger partial charge < -0.3 is 14.6 Å². The topological polar surface area (TPSA) is 66.4 Å². The molecule has 0 radical (unpaired) electrons. The van der Waals surface area contributed by atoms with Gasteiger partial charge >= 0.3 is 5.97 Å². The molecule has 14 heavy (non-hydrogen) atoms. The third kappa shape index (κ3) is 1.21. The highest BCUT2D eigenvalue weighted by Gasteiger charge is 2.51. The van der Waals surface area contributed by atoms with E-state index in [2.05, 4.69) is 4.74 Å². The fourth-order valence-electron chi connectivity index (χ4n) is 3.11. The van der Waals surface area contributed by atoms with Gasteiger partial charge in [0.25, 0.3) is 0 Å². The van der Waals surface area contributed by atoms with Crippen molar-refractivity contribution in [3.05, 3.63) is 0 Å². The maximum Gasteiger partial charge on any atom is 0.309 e. The first-order valence-electron chi connectivity index (χ1n) is 4.94. The predicted octanol–water partition coefficient (Wildman–Crippen LogP) is -0.428. The molecule has 0 spiro atoms. The highest BCUT2D eigenvalue weighted by Crippen LogP contribution is 2.52. The summed E-state index contributed by atoms with van der Waals surface area (Å²) < 4.78 is 4.64. The van der Waals surface area contributed by atoms with Crippen LogP contribution in [0.1, 0.15) is 19.3 Å². The number of carbonyl (C=O) groups excluding carboxylic acids is 2. The number of ether oxygens (including phenoxy) is 1. The van der Waals surface area contributed by atoms with E-state index in [9.17, 15) is 14.7 Å². The lowest BCUT2D eigenvalue weighted by Crippen LogP contribution is -2.42. The molecule has 0 saturated heterocycles. The van der Waals surface area contributed by atoms with Crippen LogP contribution in [0, 0.1) is 23.7 Å². The van der Waals surface area contributed by atoms with Crippen molar-refractivity contribution in [1.29, 1.82) is 0 Å². The summed E-state index contributed by atoms with van der Waals surface area (Å²) in [5, 5.41) is 10.9. The van der Waals surface area contributed by atoms with E-state index in [0.717, 1.165) is 19.3 Å². The van der Waals surface area contributed by atoms with Gasteiger partial charge in [-0.05, 0) is 31.1 Å². The molecular weight excluding hydrogens is 184 g/mol. The van der Waals surface area contributed by atoms with Gasteiger partial charge in [-0.2, -0.15) is 0 Å². The summed E-state index contributed by atoms with van der Waals surface area (Å²) >= 11 is 0. The van der Waals surface area contributed by atoms with Crippen LogP contribution in [-0.2, 0) is 14.3 Å². The Morgan fingerprint density at radius 3 is 2.29 bits per heavy atom. The number of aliphatic carboxylic acids is 1. The van der Waals surface area contributed by atoms with E-state index < -0.39 is 17.8 Å². The van der Waals surface area contributed by atoms with Gasteiger partial charge in [0.1, 0.15) is 0 Å². The summed E-state index contributed by atoms with van der Waals surface area (Å²) in [6, 6.07) is 0. The number of carbonyl (C=O) groups is 2. The van der Waals surface area contributed by atoms with Crippen LogP contribution in [0.15, 0.2) is 0 Å². The number of methoxy groups -OCH3 is 1. The van der Waals surface area contributed by atoms with Crippen LogP contribution in [0.2, 0.25) is 0 Å². The lowest BCUT2D eigenvalue weighted by atomic mass is 9.79. The Morgan fingerprint density at radius 1 is 1.21 bits per heavy atom. The minimum atomic E-state index is -1.09. The summed E-state index contributed by atoms with van der Waals surface area (Å²) in [4.78, 5) is 22.3. The normalized spacial score (nSPS) is 39.8. The summed E-state index contributed by atoms with van der Waals surface area (Å²) in [5.74, 6) is -2.20. The minimum Gasteiger partial charge on any atom is -0.550 e. The zero-order valence-corrected chi connectivity index (χ0v) is 8.06. The lowest BCUT2D eigenvalue weighted by Gasteiger charge is -2.29. The largest absolute Gasteiger partial charge is 0.550 e. The molecule has 78 valence electrons. The van der Waals surface area contributed by atoms with E-state index in [4.69, 9.17) is 0 Å². The number of hydrogen-bond donors (Lipinski definition) is 0. The van der Waals surface area contributed by atoms with Crippen LogP contribution in [0.3, 0.4) is 0 Å². The molecule has 4 nitrogen and oxygen atoms in total. The second kappa shape index (κ2) is 3.26. The van der Waals surface area contributed by atoms with Crippen molar-refractivity contribution < 1.29 is 19.4 Å². The fraction of sp³-hybridized carbons (Fsp3) is 0.800. The second-order valence-electron chi connectivity index (χ2n) is 4.23. The second-order valence-corrected chi connectivity index (χ2v) is 4.23. The van der Waals surface area contributed by atoms with Crippen molar-refractivity contribution in [1.82, 2.24) is 0 Å². The molecule has 2 aliphatic rings. The Morgan fingerprint density at radius 2 is 1.79 bits per heavy atom. The molecule has 0 aromatic carbocycles. The summed E-state index contributed by atoms with van der Waals surface area (Å²) in [6.45, 7) is 0. The third-order valence-electron chi connectivity index (χ3n) is 3.66. The molecule has 0 N–H and O–H groups in total. The minimum absolute atomic E-state index is 0.133. The Hall–Kier alpha value is -1.06. The highest BCUT2D eigenvalue weighted by atomic mass is 16.5. The number of esters is 1. The quantitative estimate of drug-likeness (QED) is 0.563. The molecule has 0 heterocycles. The molecule has 0 aromatic heterocycles. The molecular formula is C10H13O4-. The van der Waals surface area contributed by atoms with Gasteiger partial charge in [0.15, 0.2) is 0 Å². The SMILES string of the molecule is COC(=O)[C@@H]1[C@@H]2CC[C@@H](C2)[C@@H]1C(=O)[O-]. The maximum atomic E-state index is 11.4. The van der Waals surface area contributed by atoms with Crippen LogP contribution >= 0.6 is 0 Å². The number of carboxylic acids is 1. The van der Waals surface area contributed by atoms with E-state index >= 15 is 0 Å². The monoisotopic (exact) mass is 197 g/mol. The van der Waals surface area contributed by atoms with Crippen molar-refractivity contribution in [3.8, 4) is 0 Å². The van der Waals surface area contributed by atoms with Gasteiger partial charge in [-0.15, -0.1) is 0 Å². The van der Waals surface area contributed by atoms with Crippen molar-refractivity contribution in [2.24, 2.45) is 23.7 Å². The first-order chi connectivity index (χ1) is 6.65. The van der Waals surface area contributed by atoms with Crippen molar-refractivity contribution in [2.75, 3.05) is 7.11 Å². The van der Waals surface area contributed by atoms with Crippen LogP contribution in [0.4, 0.5) is 0 Å². The van der Waals surface area contributed by atoms with E-state index in [1.54, 1.807) is 0 Å². The van der Waals surface area contributed by atoms with Gasteiger partial charge in [-0.1, -0.05) is 0 Å². The zero-order valence-electron chi connectivity index (χ0n) is 8.06. The summed E-state index contributed by atoms with van der Waals surface area (Å²) in [5.41, 5.74) is 0. The zero-order chi connectivity index (χ0) is 10.3. The molecule has 2 rings (SSSR count). The van der Waals surface area contributed by atoms with Gasteiger partial charge in [-0.3, -0.25) is 4.79 Å². The van der Waals surface area contributed by atoms with Crippen molar-refractivity contribution >= 4 is 11.9 Å². The Bertz CT molecular complexity index is 273. The molecule has 0 aromatic rings. The van der Waals surface area contributed by atoms with Crippen molar-refractivity contribution in [3.63, 3.8) is 0 Å². The standard InChI is InChI=1S/C10H14O4/c1-14-10(13)8-6-3-2-5(4-6)7(8)9(11)12/h5-8H,2-4H2,1H3,(H,11,12)/p-1/t5-,6+,7-,8+/m0/s1. The molecule has 0 aliphatic heterocycles. The average Bonchev–Trinajstić information content (AvgIpc) is 2.74. The molecule has 0 unspecified atom stereocenters. The summed E-state index contributed by atoms with van der Waals surface area (Å²) in [7, 11) is 1.31. The molecule has 4 heteroatoms. The van der Waals surface area contributed by atoms with E-state index in [-0.39, 0.29) is 17.8 Å². The molecule has 2 saturated carbocycles. The number of hydrogen-bond acceptors (Lipinski definition) is 4. The smallest absolute Gasteiger partial charge is 0.309 e. The van der Waals surface area contributed by atoms with Crippen molar-refractivity contribution in [2.45, 2.75) is 19.3 Å². The molecule has 2 fully saturated rings. The van der Waals surface area contributed by atoms with Gasteiger partial charge in [0, 0.05) is 11.9 Å². The predicted molar refractivity (Wildman–Crippen MR) is 44.8 cm³/mol. The van der Waals surface area contributed by atoms with Gasteiger partial charge in [-0.25, -0.2) is 0 Å². The molecule has 2 bridgehead atoms. The first kappa shape index (κ1) is 9.49. The Kier molecular flexibility index (Phi) is 2.21. The maximum absolute atomic E-state index is 11.4. The highest BCUT2D eigenvalue weighted by molar-refractivity contribution is 5.81. The average molecular weight is 197 g/mol. The van der Waals surface area contributed by atoms with Crippen LogP contribution in [0.25, 0.3) is 0 Å². The Labute approximate surface area is 82.2 Å². The van der Waals surface area contributed by atoms with Gasteiger partial charge in [0.2, 0.25) is 0 Å². The molecule has 4 atom stereocenters. The fourth-order valence-corrected chi connectivity index (χ4v) is 3.11. The number of rotatable bonds is 2. The van der Waals surface area contributed by atoms with Crippen LogP contribution < -0.4 is 5.11 Å². The lowest BCUT2D eigenvalue weighted by molar-refractivity contribution is -0.314. The molecule has 2 aliphatic carbocycles.